The van der Waals surface area contributed by atoms with E-state index < -0.39 is 34.9 Å². The molecule has 0 aromatic heterocycles. The standard InChI is InChI=1S/C25H32F2O2/c1-15-14-20(28)25(27,17-10-6-3-7-11-17)22-19-13-12-18(21(15)22)23(29)24(19,26)16-8-4-2-5-9-16/h12-14,16-19,21-22H,2-11H2,1H3/t18-,19+,21+,22-,24-,25+/m1/s1. The van der Waals surface area contributed by atoms with Crippen LogP contribution in [0, 0.1) is 35.5 Å². The fourth-order valence-electron chi connectivity index (χ4n) is 7.66. The molecule has 29 heavy (non-hydrogen) atoms. The summed E-state index contributed by atoms with van der Waals surface area (Å²) in [6.07, 6.45) is 13.7. The Kier molecular flexibility index (Phi) is 4.64. The van der Waals surface area contributed by atoms with Crippen LogP contribution in [-0.2, 0) is 9.59 Å². The molecule has 3 fully saturated rings. The molecule has 158 valence electrons. The number of carbonyl (C=O) groups excluding carboxylic acids is 2. The van der Waals surface area contributed by atoms with Crippen LogP contribution in [0.4, 0.5) is 8.78 Å². The van der Waals surface area contributed by atoms with Gasteiger partial charge in [0.2, 0.25) is 0 Å². The van der Waals surface area contributed by atoms with E-state index in [1.165, 1.54) is 6.08 Å². The Balaban J connectivity index is 1.62. The van der Waals surface area contributed by atoms with Crippen molar-refractivity contribution in [3.05, 3.63) is 23.8 Å². The van der Waals surface area contributed by atoms with Crippen LogP contribution in [0.2, 0.25) is 0 Å². The molecule has 0 aliphatic heterocycles. The van der Waals surface area contributed by atoms with Crippen LogP contribution in [0.15, 0.2) is 23.8 Å². The van der Waals surface area contributed by atoms with Crippen LogP contribution in [0.25, 0.3) is 0 Å². The summed E-state index contributed by atoms with van der Waals surface area (Å²) in [6, 6.07) is 0. The predicted molar refractivity (Wildman–Crippen MR) is 108 cm³/mol. The van der Waals surface area contributed by atoms with Crippen LogP contribution in [0.3, 0.4) is 0 Å². The second-order valence-electron chi connectivity index (χ2n) is 10.3. The normalized spacial score (nSPS) is 46.0. The minimum absolute atomic E-state index is 0.334. The number of hydrogen-bond acceptors (Lipinski definition) is 2. The van der Waals surface area contributed by atoms with Gasteiger partial charge in [-0.15, -0.1) is 0 Å². The van der Waals surface area contributed by atoms with Gasteiger partial charge in [-0.2, -0.15) is 0 Å². The monoisotopic (exact) mass is 402 g/mol. The summed E-state index contributed by atoms with van der Waals surface area (Å²) in [7, 11) is 0. The summed E-state index contributed by atoms with van der Waals surface area (Å²) in [5.41, 5.74) is -3.28. The Hall–Kier alpha value is -1.32. The zero-order valence-electron chi connectivity index (χ0n) is 17.3. The molecule has 0 heterocycles. The first-order chi connectivity index (χ1) is 13.9. The van der Waals surface area contributed by atoms with E-state index in [9.17, 15) is 9.59 Å². The Labute approximate surface area is 172 Å². The molecule has 0 aromatic carbocycles. The van der Waals surface area contributed by atoms with Gasteiger partial charge in [-0.3, -0.25) is 9.59 Å². The lowest BCUT2D eigenvalue weighted by Crippen LogP contribution is -2.69. The fourth-order valence-corrected chi connectivity index (χ4v) is 7.66. The number of alkyl halides is 2. The van der Waals surface area contributed by atoms with Crippen LogP contribution in [0.1, 0.15) is 71.1 Å². The largest absolute Gasteiger partial charge is 0.295 e. The first-order valence-electron chi connectivity index (χ1n) is 11.7. The van der Waals surface area contributed by atoms with Crippen LogP contribution in [-0.4, -0.2) is 22.9 Å². The number of rotatable bonds is 2. The summed E-state index contributed by atoms with van der Waals surface area (Å²) >= 11 is 0. The highest BCUT2D eigenvalue weighted by atomic mass is 19.1. The van der Waals surface area contributed by atoms with Gasteiger partial charge in [-0.25, -0.2) is 8.78 Å². The van der Waals surface area contributed by atoms with E-state index >= 15 is 8.78 Å². The smallest absolute Gasteiger partial charge is 0.193 e. The molecule has 6 aliphatic carbocycles. The topological polar surface area (TPSA) is 34.1 Å². The molecule has 0 aromatic rings. The zero-order valence-corrected chi connectivity index (χ0v) is 17.3. The molecule has 4 heteroatoms. The SMILES string of the molecule is CC1=CC(=O)[C@@](F)(C2CCCCC2)[C@H]2[C@@H]1[C@H]1C=C[C@@H]2[C@](F)(C2CCCCC2)C1=O. The average molecular weight is 403 g/mol. The number of allylic oxidation sites excluding steroid dienone is 4. The van der Waals surface area contributed by atoms with Gasteiger partial charge in [-0.05, 0) is 38.7 Å². The molecule has 0 unspecified atom stereocenters. The first-order valence-corrected chi connectivity index (χ1v) is 11.7. The molecule has 0 spiro atoms. The first kappa shape index (κ1) is 19.6. The van der Waals surface area contributed by atoms with Gasteiger partial charge in [0.1, 0.15) is 0 Å². The van der Waals surface area contributed by atoms with Gasteiger partial charge in [0, 0.05) is 35.5 Å². The second kappa shape index (κ2) is 6.85. The number of halogens is 2. The van der Waals surface area contributed by atoms with Crippen LogP contribution in [0.5, 0.6) is 0 Å². The second-order valence-corrected chi connectivity index (χ2v) is 10.3. The predicted octanol–water partition coefficient (Wildman–Crippen LogP) is 5.71. The minimum atomic E-state index is -2.04. The quantitative estimate of drug-likeness (QED) is 0.555. The highest BCUT2D eigenvalue weighted by Gasteiger charge is 2.71. The lowest BCUT2D eigenvalue weighted by atomic mass is 9.44. The molecule has 6 aliphatic rings. The summed E-state index contributed by atoms with van der Waals surface area (Å²) in [5, 5.41) is 0. The third kappa shape index (κ3) is 2.56. The van der Waals surface area contributed by atoms with Crippen molar-refractivity contribution in [1.29, 1.82) is 0 Å². The molecule has 2 nitrogen and oxygen atoms in total. The number of fused-ring (bicyclic) bond motifs is 1. The Morgan fingerprint density at radius 1 is 0.828 bits per heavy atom. The van der Waals surface area contributed by atoms with Crippen molar-refractivity contribution in [2.75, 3.05) is 0 Å². The van der Waals surface area contributed by atoms with E-state index in [1.807, 2.05) is 13.0 Å². The highest BCUT2D eigenvalue weighted by molar-refractivity contribution is 6.02. The number of hydrogen-bond donors (Lipinski definition) is 0. The molecule has 0 saturated heterocycles. The van der Waals surface area contributed by atoms with Crippen molar-refractivity contribution in [1.82, 2.24) is 0 Å². The van der Waals surface area contributed by atoms with E-state index in [0.29, 0.717) is 25.7 Å². The molecule has 6 rings (SSSR count). The molecular formula is C25H32F2O2. The summed E-state index contributed by atoms with van der Waals surface area (Å²) in [4.78, 5) is 26.6. The Bertz CT molecular complexity index is 774. The summed E-state index contributed by atoms with van der Waals surface area (Å²) in [6.45, 7) is 1.83. The molecule has 0 radical (unpaired) electrons. The highest BCUT2D eigenvalue weighted by Crippen LogP contribution is 2.63. The molecule has 2 bridgehead atoms. The van der Waals surface area contributed by atoms with Crippen molar-refractivity contribution < 1.29 is 18.4 Å². The van der Waals surface area contributed by atoms with E-state index in [4.69, 9.17) is 0 Å². The summed E-state index contributed by atoms with van der Waals surface area (Å²) < 4.78 is 33.7. The lowest BCUT2D eigenvalue weighted by molar-refractivity contribution is -0.176. The average Bonchev–Trinajstić information content (AvgIpc) is 2.76. The molecular weight excluding hydrogens is 370 g/mol. The maximum absolute atomic E-state index is 17.0. The van der Waals surface area contributed by atoms with E-state index in [1.54, 1.807) is 6.08 Å². The molecule has 0 amide bonds. The van der Waals surface area contributed by atoms with Gasteiger partial charge in [0.15, 0.2) is 22.9 Å². The van der Waals surface area contributed by atoms with Crippen LogP contribution >= 0.6 is 0 Å². The van der Waals surface area contributed by atoms with E-state index in [-0.39, 0.29) is 23.5 Å². The van der Waals surface area contributed by atoms with E-state index in [0.717, 1.165) is 44.1 Å². The Morgan fingerprint density at radius 3 is 1.97 bits per heavy atom. The molecule has 3 saturated carbocycles. The lowest BCUT2D eigenvalue weighted by Gasteiger charge is -2.59. The van der Waals surface area contributed by atoms with Gasteiger partial charge >= 0.3 is 0 Å². The fraction of sp³-hybridized carbons (Fsp3) is 0.760. The van der Waals surface area contributed by atoms with Crippen molar-refractivity contribution in [3.63, 3.8) is 0 Å². The van der Waals surface area contributed by atoms with Crippen molar-refractivity contribution in [3.8, 4) is 0 Å². The zero-order chi connectivity index (χ0) is 20.4. The van der Waals surface area contributed by atoms with Crippen molar-refractivity contribution in [2.45, 2.75) is 82.5 Å². The number of Topliss-reactive ketones (excluding diaryl/α,β-unsaturated/α-hetero) is 1. The van der Waals surface area contributed by atoms with Crippen LogP contribution < -0.4 is 0 Å². The maximum Gasteiger partial charge on any atom is 0.193 e. The number of carbonyl (C=O) groups is 2. The van der Waals surface area contributed by atoms with Gasteiger partial charge in [0.05, 0.1) is 0 Å². The number of ketones is 2. The van der Waals surface area contributed by atoms with Gasteiger partial charge < -0.3 is 0 Å². The maximum atomic E-state index is 17.0. The third-order valence-electron chi connectivity index (χ3n) is 9.00. The van der Waals surface area contributed by atoms with Crippen molar-refractivity contribution in [2.24, 2.45) is 35.5 Å². The summed E-state index contributed by atoms with van der Waals surface area (Å²) in [5.74, 6) is -4.03. The van der Waals surface area contributed by atoms with E-state index in [2.05, 4.69) is 0 Å². The van der Waals surface area contributed by atoms with Crippen molar-refractivity contribution >= 4 is 11.6 Å². The Morgan fingerprint density at radius 2 is 1.38 bits per heavy atom. The minimum Gasteiger partial charge on any atom is -0.295 e. The van der Waals surface area contributed by atoms with Gasteiger partial charge in [0.25, 0.3) is 0 Å². The third-order valence-corrected chi connectivity index (χ3v) is 9.00. The molecule has 0 N–H and O–H groups in total. The van der Waals surface area contributed by atoms with Gasteiger partial charge in [-0.1, -0.05) is 56.3 Å². The molecule has 6 atom stereocenters.